The number of aryl methyl sites for hydroxylation is 2. The molecule has 0 saturated carbocycles. The number of halogens is 2. The number of nitrogens with one attached hydrogen (secondary N) is 1. The summed E-state index contributed by atoms with van der Waals surface area (Å²) in [6.07, 6.45) is 0. The van der Waals surface area contributed by atoms with Gasteiger partial charge in [0, 0.05) is 5.02 Å². The van der Waals surface area contributed by atoms with Gasteiger partial charge in [0.05, 0.1) is 10.6 Å². The molecule has 0 aliphatic rings. The number of aromatic hydroxyl groups is 1. The van der Waals surface area contributed by atoms with Crippen LogP contribution in [0.25, 0.3) is 0 Å². The third-order valence-electron chi connectivity index (χ3n) is 2.90. The van der Waals surface area contributed by atoms with Crippen LogP contribution in [0.4, 0.5) is 10.1 Å². The van der Waals surface area contributed by atoms with Gasteiger partial charge in [0.2, 0.25) is 0 Å². The average Bonchev–Trinajstić information content (AvgIpc) is 2.31. The first-order chi connectivity index (χ1) is 9.70. The normalized spacial score (nSPS) is 11.4. The fraction of sp³-hybridized carbons (Fsp3) is 0.143. The summed E-state index contributed by atoms with van der Waals surface area (Å²) in [4.78, 5) is -0.0247. The highest BCUT2D eigenvalue weighted by atomic mass is 35.5. The van der Waals surface area contributed by atoms with Crippen molar-refractivity contribution in [2.24, 2.45) is 0 Å². The lowest BCUT2D eigenvalue weighted by Crippen LogP contribution is -2.16. The Balaban J connectivity index is 2.51. The van der Waals surface area contributed by atoms with E-state index in [1.165, 1.54) is 32.0 Å². The highest BCUT2D eigenvalue weighted by Gasteiger charge is 2.21. The van der Waals surface area contributed by atoms with Crippen molar-refractivity contribution in [3.05, 3.63) is 52.3 Å². The fourth-order valence-electron chi connectivity index (χ4n) is 2.11. The van der Waals surface area contributed by atoms with Crippen LogP contribution in [0.2, 0.25) is 5.02 Å². The molecule has 2 aromatic carbocycles. The number of hydrogen-bond donors (Lipinski definition) is 2. The van der Waals surface area contributed by atoms with E-state index in [2.05, 4.69) is 4.72 Å². The molecule has 4 nitrogen and oxygen atoms in total. The molecule has 0 aliphatic heterocycles. The predicted molar refractivity (Wildman–Crippen MR) is 79.8 cm³/mol. The van der Waals surface area contributed by atoms with Gasteiger partial charge in [-0.3, -0.25) is 4.72 Å². The van der Waals surface area contributed by atoms with Crippen molar-refractivity contribution < 1.29 is 17.9 Å². The molecule has 2 rings (SSSR count). The molecule has 21 heavy (non-hydrogen) atoms. The standard InChI is InChI=1S/C14H13ClFNO3S/c1-8-5-11(16)6-9(2)14(8)21(19,20)17-12-7-10(15)3-4-13(12)18/h3-7,17-18H,1-2H3. The van der Waals surface area contributed by atoms with E-state index in [0.717, 1.165) is 12.1 Å². The van der Waals surface area contributed by atoms with E-state index < -0.39 is 15.8 Å². The summed E-state index contributed by atoms with van der Waals surface area (Å²) in [7, 11) is -3.97. The second-order valence-electron chi connectivity index (χ2n) is 4.64. The Morgan fingerprint density at radius 2 is 1.71 bits per heavy atom. The zero-order chi connectivity index (χ0) is 15.8. The molecule has 2 aromatic rings. The van der Waals surface area contributed by atoms with Crippen LogP contribution in [-0.2, 0) is 10.0 Å². The molecule has 0 heterocycles. The van der Waals surface area contributed by atoms with Gasteiger partial charge in [0.25, 0.3) is 10.0 Å². The second kappa shape index (κ2) is 5.54. The van der Waals surface area contributed by atoms with Gasteiger partial charge in [-0.05, 0) is 55.3 Å². The summed E-state index contributed by atoms with van der Waals surface area (Å²) in [5.74, 6) is -0.755. The minimum Gasteiger partial charge on any atom is -0.506 e. The third-order valence-corrected chi connectivity index (χ3v) is 4.80. The molecule has 0 unspecified atom stereocenters. The molecule has 0 fully saturated rings. The van der Waals surface area contributed by atoms with E-state index >= 15 is 0 Å². The molecular weight excluding hydrogens is 317 g/mol. The minimum atomic E-state index is -3.97. The largest absolute Gasteiger partial charge is 0.506 e. The van der Waals surface area contributed by atoms with Crippen molar-refractivity contribution in [2.75, 3.05) is 4.72 Å². The lowest BCUT2D eigenvalue weighted by atomic mass is 10.1. The number of benzene rings is 2. The number of phenols is 1. The van der Waals surface area contributed by atoms with Gasteiger partial charge in [-0.25, -0.2) is 12.8 Å². The van der Waals surface area contributed by atoms with Gasteiger partial charge >= 0.3 is 0 Å². The molecule has 0 bridgehead atoms. The molecule has 0 amide bonds. The van der Waals surface area contributed by atoms with Crippen molar-refractivity contribution in [1.29, 1.82) is 0 Å². The van der Waals surface area contributed by atoms with Crippen LogP contribution in [-0.4, -0.2) is 13.5 Å². The number of hydrogen-bond acceptors (Lipinski definition) is 3. The van der Waals surface area contributed by atoms with E-state index in [1.807, 2.05) is 0 Å². The Kier molecular flexibility index (Phi) is 4.11. The van der Waals surface area contributed by atoms with E-state index in [1.54, 1.807) is 0 Å². The van der Waals surface area contributed by atoms with Crippen molar-refractivity contribution in [2.45, 2.75) is 18.7 Å². The summed E-state index contributed by atoms with van der Waals surface area (Å²) in [5, 5.41) is 9.96. The molecule has 7 heteroatoms. The van der Waals surface area contributed by atoms with Gasteiger partial charge in [-0.2, -0.15) is 0 Å². The fourth-order valence-corrected chi connectivity index (χ4v) is 3.80. The van der Waals surface area contributed by atoms with E-state index in [4.69, 9.17) is 11.6 Å². The van der Waals surface area contributed by atoms with Crippen LogP contribution in [0, 0.1) is 19.7 Å². The van der Waals surface area contributed by atoms with Gasteiger partial charge in [-0.15, -0.1) is 0 Å². The first kappa shape index (κ1) is 15.6. The zero-order valence-corrected chi connectivity index (χ0v) is 12.9. The Morgan fingerprint density at radius 3 is 2.29 bits per heavy atom. The Hall–Kier alpha value is -1.79. The number of rotatable bonds is 3. The SMILES string of the molecule is Cc1cc(F)cc(C)c1S(=O)(=O)Nc1cc(Cl)ccc1O. The van der Waals surface area contributed by atoms with Gasteiger partial charge in [0.1, 0.15) is 11.6 Å². The van der Waals surface area contributed by atoms with Crippen LogP contribution in [0.15, 0.2) is 35.2 Å². The molecule has 2 N–H and O–H groups in total. The number of phenolic OH excluding ortho intramolecular Hbond substituents is 1. The summed E-state index contributed by atoms with van der Waals surface area (Å²) in [6, 6.07) is 6.29. The van der Waals surface area contributed by atoms with Crippen molar-refractivity contribution in [1.82, 2.24) is 0 Å². The third kappa shape index (κ3) is 3.28. The van der Waals surface area contributed by atoms with Crippen molar-refractivity contribution >= 4 is 27.3 Å². The molecule has 0 aliphatic carbocycles. The molecule has 0 atom stereocenters. The smallest absolute Gasteiger partial charge is 0.262 e. The lowest BCUT2D eigenvalue weighted by molar-refractivity contribution is 0.477. The molecule has 0 aromatic heterocycles. The van der Waals surface area contributed by atoms with Crippen LogP contribution < -0.4 is 4.72 Å². The van der Waals surface area contributed by atoms with E-state index in [9.17, 15) is 17.9 Å². The molecule has 0 radical (unpaired) electrons. The Labute approximate surface area is 127 Å². The first-order valence-corrected chi connectivity index (χ1v) is 7.85. The predicted octanol–water partition coefficient (Wildman–Crippen LogP) is 3.60. The van der Waals surface area contributed by atoms with Gasteiger partial charge < -0.3 is 5.11 Å². The number of anilines is 1. The highest BCUT2D eigenvalue weighted by Crippen LogP contribution is 2.30. The van der Waals surface area contributed by atoms with Crippen LogP contribution in [0.3, 0.4) is 0 Å². The molecule has 112 valence electrons. The number of sulfonamides is 1. The lowest BCUT2D eigenvalue weighted by Gasteiger charge is -2.14. The summed E-state index contributed by atoms with van der Waals surface area (Å²) >= 11 is 5.78. The summed E-state index contributed by atoms with van der Waals surface area (Å²) < 4.78 is 40.4. The van der Waals surface area contributed by atoms with Crippen molar-refractivity contribution in [3.8, 4) is 5.75 Å². The first-order valence-electron chi connectivity index (χ1n) is 5.99. The van der Waals surface area contributed by atoms with Gasteiger partial charge in [0.15, 0.2) is 0 Å². The monoisotopic (exact) mass is 329 g/mol. The summed E-state index contributed by atoms with van der Waals surface area (Å²) in [5.41, 5.74) is 0.522. The molecule has 0 spiro atoms. The second-order valence-corrected chi connectivity index (χ2v) is 6.69. The minimum absolute atomic E-state index is 0.0247. The highest BCUT2D eigenvalue weighted by molar-refractivity contribution is 7.92. The van der Waals surface area contributed by atoms with Crippen LogP contribution in [0.1, 0.15) is 11.1 Å². The van der Waals surface area contributed by atoms with Crippen LogP contribution >= 0.6 is 11.6 Å². The van der Waals surface area contributed by atoms with E-state index in [0.29, 0.717) is 0 Å². The quantitative estimate of drug-likeness (QED) is 0.845. The maximum Gasteiger partial charge on any atom is 0.262 e. The Bertz CT molecular complexity index is 783. The summed E-state index contributed by atoms with van der Waals surface area (Å²) in [6.45, 7) is 3.00. The Morgan fingerprint density at radius 1 is 1.14 bits per heavy atom. The average molecular weight is 330 g/mol. The van der Waals surface area contributed by atoms with Crippen molar-refractivity contribution in [3.63, 3.8) is 0 Å². The maximum absolute atomic E-state index is 13.3. The van der Waals surface area contributed by atoms with E-state index in [-0.39, 0.29) is 32.5 Å². The maximum atomic E-state index is 13.3. The van der Waals surface area contributed by atoms with Gasteiger partial charge in [-0.1, -0.05) is 11.6 Å². The topological polar surface area (TPSA) is 66.4 Å². The van der Waals surface area contributed by atoms with Crippen LogP contribution in [0.5, 0.6) is 5.75 Å². The zero-order valence-electron chi connectivity index (χ0n) is 11.3. The molecule has 0 saturated heterocycles. The molecular formula is C14H13ClFNO3S.